The van der Waals surface area contributed by atoms with E-state index in [-0.39, 0.29) is 0 Å². The molecule has 0 unspecified atom stereocenters. The Morgan fingerprint density at radius 1 is 1.50 bits per heavy atom. The lowest BCUT2D eigenvalue weighted by molar-refractivity contribution is 0.565. The number of isocyanates is 1. The van der Waals surface area contributed by atoms with Crippen molar-refractivity contribution in [2.75, 3.05) is 0 Å². The fraction of sp³-hybridized carbons (Fsp3) is 0.222. The number of carbonyl (C=O) groups excluding carboxylic acids is 1. The van der Waals surface area contributed by atoms with Crippen molar-refractivity contribution in [2.24, 2.45) is 4.99 Å². The maximum Gasteiger partial charge on any atom is 0.240 e. The number of rotatable bonds is 3. The fourth-order valence-corrected chi connectivity index (χ4v) is 0.819. The van der Waals surface area contributed by atoms with Crippen LogP contribution in [-0.2, 0) is 4.79 Å². The number of nitrogens with zero attached hydrogens (tertiary/aromatic N) is 1. The standard InChI is InChI=1S/C9H10ClNO/c1-3-5-8(10)6-9(4-2)11-7-12/h3-6H,1-2H3/b5-3+,8-6+,9-4+. The van der Waals surface area contributed by atoms with E-state index in [0.717, 1.165) is 0 Å². The smallest absolute Gasteiger partial charge is 0.211 e. The van der Waals surface area contributed by atoms with Gasteiger partial charge in [0.25, 0.3) is 0 Å². The number of hydrogen-bond donors (Lipinski definition) is 0. The zero-order valence-corrected chi connectivity index (χ0v) is 7.80. The number of aliphatic imine (C=N–C) groups is 1. The van der Waals surface area contributed by atoms with Gasteiger partial charge in [-0.15, -0.1) is 0 Å². The lowest BCUT2D eigenvalue weighted by atomic mass is 10.3. The van der Waals surface area contributed by atoms with E-state index in [1.54, 1.807) is 31.2 Å². The second kappa shape index (κ2) is 6.59. The Morgan fingerprint density at radius 3 is 2.58 bits per heavy atom. The van der Waals surface area contributed by atoms with E-state index in [4.69, 9.17) is 11.6 Å². The van der Waals surface area contributed by atoms with Crippen LogP contribution in [0.25, 0.3) is 0 Å². The molecule has 0 fully saturated rings. The monoisotopic (exact) mass is 183 g/mol. The van der Waals surface area contributed by atoms with Gasteiger partial charge in [0.2, 0.25) is 6.08 Å². The number of allylic oxidation sites excluding steroid dienone is 5. The van der Waals surface area contributed by atoms with E-state index in [1.807, 2.05) is 6.92 Å². The van der Waals surface area contributed by atoms with Crippen LogP contribution < -0.4 is 0 Å². The predicted molar refractivity (Wildman–Crippen MR) is 50.6 cm³/mol. The van der Waals surface area contributed by atoms with Gasteiger partial charge < -0.3 is 0 Å². The Labute approximate surface area is 77.0 Å². The van der Waals surface area contributed by atoms with Crippen molar-refractivity contribution in [2.45, 2.75) is 13.8 Å². The van der Waals surface area contributed by atoms with Crippen molar-refractivity contribution in [1.29, 1.82) is 0 Å². The molecule has 3 heteroatoms. The molecule has 0 aliphatic heterocycles. The van der Waals surface area contributed by atoms with E-state index in [0.29, 0.717) is 10.7 Å². The van der Waals surface area contributed by atoms with Crippen LogP contribution in [0.15, 0.2) is 40.0 Å². The van der Waals surface area contributed by atoms with E-state index in [9.17, 15) is 4.79 Å². The fourth-order valence-electron chi connectivity index (χ4n) is 0.581. The van der Waals surface area contributed by atoms with Crippen molar-refractivity contribution in [3.8, 4) is 0 Å². The van der Waals surface area contributed by atoms with Crippen molar-refractivity contribution in [3.05, 3.63) is 35.0 Å². The normalized spacial score (nSPS) is 13.2. The van der Waals surface area contributed by atoms with Crippen molar-refractivity contribution in [1.82, 2.24) is 0 Å². The van der Waals surface area contributed by atoms with E-state index in [2.05, 4.69) is 4.99 Å². The summed E-state index contributed by atoms with van der Waals surface area (Å²) in [6.07, 6.45) is 8.23. The molecule has 0 saturated carbocycles. The molecule has 0 spiro atoms. The van der Waals surface area contributed by atoms with Crippen LogP contribution in [0.5, 0.6) is 0 Å². The zero-order chi connectivity index (χ0) is 9.40. The van der Waals surface area contributed by atoms with Crippen molar-refractivity contribution >= 4 is 17.7 Å². The predicted octanol–water partition coefficient (Wildman–Crippen LogP) is 2.92. The SMILES string of the molecule is C/C=C/C(Cl)=C\C(=C/C)N=C=O. The summed E-state index contributed by atoms with van der Waals surface area (Å²) in [5, 5.41) is 0.532. The molecule has 0 amide bonds. The Hall–Kier alpha value is -1.11. The molecular weight excluding hydrogens is 174 g/mol. The maximum atomic E-state index is 9.89. The highest BCUT2D eigenvalue weighted by Crippen LogP contribution is 2.08. The largest absolute Gasteiger partial charge is 0.240 e. The van der Waals surface area contributed by atoms with Gasteiger partial charge in [0.05, 0.1) is 5.70 Å². The molecule has 0 saturated heterocycles. The Morgan fingerprint density at radius 2 is 2.17 bits per heavy atom. The first-order valence-corrected chi connectivity index (χ1v) is 3.86. The van der Waals surface area contributed by atoms with E-state index >= 15 is 0 Å². The van der Waals surface area contributed by atoms with Crippen molar-refractivity contribution < 1.29 is 4.79 Å². The third kappa shape index (κ3) is 4.67. The average Bonchev–Trinajstić information content (AvgIpc) is 2.04. The molecule has 0 aliphatic carbocycles. The van der Waals surface area contributed by atoms with Gasteiger partial charge in [0.1, 0.15) is 0 Å². The summed E-state index contributed by atoms with van der Waals surface area (Å²) < 4.78 is 0. The molecule has 2 nitrogen and oxygen atoms in total. The minimum atomic E-state index is 0.508. The molecule has 0 heterocycles. The van der Waals surface area contributed by atoms with Crippen LogP contribution in [0.2, 0.25) is 0 Å². The van der Waals surface area contributed by atoms with Gasteiger partial charge in [0.15, 0.2) is 0 Å². The summed E-state index contributed by atoms with van der Waals surface area (Å²) in [6.45, 7) is 3.63. The van der Waals surface area contributed by atoms with E-state index in [1.165, 1.54) is 6.08 Å². The third-order valence-corrected chi connectivity index (χ3v) is 1.32. The Kier molecular flexibility index (Phi) is 5.98. The Bertz CT molecular complexity index is 270. The minimum Gasteiger partial charge on any atom is -0.211 e. The van der Waals surface area contributed by atoms with Crippen LogP contribution in [0.1, 0.15) is 13.8 Å². The highest BCUT2D eigenvalue weighted by molar-refractivity contribution is 6.31. The topological polar surface area (TPSA) is 29.4 Å². The zero-order valence-electron chi connectivity index (χ0n) is 7.04. The second-order valence-electron chi connectivity index (χ2n) is 1.95. The van der Waals surface area contributed by atoms with Gasteiger partial charge in [-0.1, -0.05) is 23.8 Å². The summed E-state index contributed by atoms with van der Waals surface area (Å²) >= 11 is 5.73. The van der Waals surface area contributed by atoms with Gasteiger partial charge >= 0.3 is 0 Å². The first-order chi connectivity index (χ1) is 5.74. The van der Waals surface area contributed by atoms with E-state index < -0.39 is 0 Å². The Balaban J connectivity index is 4.58. The highest BCUT2D eigenvalue weighted by atomic mass is 35.5. The second-order valence-corrected chi connectivity index (χ2v) is 2.38. The van der Waals surface area contributed by atoms with Crippen LogP contribution >= 0.6 is 11.6 Å². The van der Waals surface area contributed by atoms with Gasteiger partial charge in [-0.25, -0.2) is 4.79 Å². The molecule has 0 aliphatic rings. The molecule has 0 aromatic rings. The van der Waals surface area contributed by atoms with Crippen LogP contribution in [0.4, 0.5) is 0 Å². The van der Waals surface area contributed by atoms with Crippen LogP contribution in [-0.4, -0.2) is 6.08 Å². The van der Waals surface area contributed by atoms with Crippen LogP contribution in [0.3, 0.4) is 0 Å². The van der Waals surface area contributed by atoms with Gasteiger partial charge in [-0.05, 0) is 26.0 Å². The molecule has 64 valence electrons. The highest BCUT2D eigenvalue weighted by Gasteiger charge is 1.88. The lowest BCUT2D eigenvalue weighted by Gasteiger charge is -1.89. The molecule has 0 radical (unpaired) electrons. The number of halogens is 1. The molecule has 0 bridgehead atoms. The average molecular weight is 184 g/mol. The summed E-state index contributed by atoms with van der Waals surface area (Å²) in [5.41, 5.74) is 0.508. The molecule has 0 rings (SSSR count). The molecule has 0 aromatic heterocycles. The number of hydrogen-bond acceptors (Lipinski definition) is 2. The summed E-state index contributed by atoms with van der Waals surface area (Å²) in [4.78, 5) is 13.3. The quantitative estimate of drug-likeness (QED) is 0.376. The maximum absolute atomic E-state index is 9.89. The first kappa shape index (κ1) is 10.9. The van der Waals surface area contributed by atoms with Gasteiger partial charge in [-0.2, -0.15) is 4.99 Å². The molecule has 12 heavy (non-hydrogen) atoms. The molecule has 0 atom stereocenters. The first-order valence-electron chi connectivity index (χ1n) is 3.48. The lowest BCUT2D eigenvalue weighted by Crippen LogP contribution is -1.71. The minimum absolute atomic E-state index is 0.508. The van der Waals surface area contributed by atoms with Crippen LogP contribution in [0, 0.1) is 0 Å². The molecular formula is C9H10ClNO. The summed E-state index contributed by atoms with van der Waals surface area (Å²) in [6, 6.07) is 0. The van der Waals surface area contributed by atoms with Crippen molar-refractivity contribution in [3.63, 3.8) is 0 Å². The van der Waals surface area contributed by atoms with Gasteiger partial charge in [0, 0.05) is 5.03 Å². The van der Waals surface area contributed by atoms with Gasteiger partial charge in [-0.3, -0.25) is 0 Å². The summed E-state index contributed by atoms with van der Waals surface area (Å²) in [5.74, 6) is 0. The summed E-state index contributed by atoms with van der Waals surface area (Å²) in [7, 11) is 0. The third-order valence-electron chi connectivity index (χ3n) is 1.08. The molecule has 0 aromatic carbocycles. The molecule has 0 N–H and O–H groups in total.